The van der Waals surface area contributed by atoms with Crippen molar-refractivity contribution >= 4 is 34.1 Å². The summed E-state index contributed by atoms with van der Waals surface area (Å²) >= 11 is 1.74. The minimum absolute atomic E-state index is 0.606. The highest BCUT2D eigenvalue weighted by Crippen LogP contribution is 2.41. The zero-order valence-electron chi connectivity index (χ0n) is 13.7. The van der Waals surface area contributed by atoms with Crippen LogP contribution >= 0.6 is 11.8 Å². The molecule has 3 heterocycles. The van der Waals surface area contributed by atoms with E-state index in [1.807, 2.05) is 42.3 Å². The van der Waals surface area contributed by atoms with E-state index in [0.29, 0.717) is 11.6 Å². The predicted octanol–water partition coefficient (Wildman–Crippen LogP) is 3.48. The third-order valence-electron chi connectivity index (χ3n) is 4.51. The summed E-state index contributed by atoms with van der Waals surface area (Å²) in [5.74, 6) is 0.606. The molecule has 0 amide bonds. The number of rotatable bonds is 3. The molecule has 1 saturated heterocycles. The van der Waals surface area contributed by atoms with Gasteiger partial charge in [-0.1, -0.05) is 11.8 Å². The number of nitrogens with one attached hydrogen (secondary N) is 3. The van der Waals surface area contributed by atoms with Crippen molar-refractivity contribution in [2.24, 2.45) is 13.0 Å². The molecule has 3 N–H and O–H groups in total. The van der Waals surface area contributed by atoms with Crippen molar-refractivity contribution < 1.29 is 0 Å². The Morgan fingerprint density at radius 2 is 2.21 bits per heavy atom. The van der Waals surface area contributed by atoms with Crippen LogP contribution in [0.15, 0.2) is 46.5 Å². The van der Waals surface area contributed by atoms with E-state index in [0.717, 1.165) is 34.6 Å². The van der Waals surface area contributed by atoms with Crippen LogP contribution in [0.4, 0.5) is 5.69 Å². The summed E-state index contributed by atoms with van der Waals surface area (Å²) in [6.45, 7) is 2.16. The maximum absolute atomic E-state index is 8.22. The van der Waals surface area contributed by atoms with Gasteiger partial charge in [-0.25, -0.2) is 0 Å². The fourth-order valence-corrected chi connectivity index (χ4v) is 4.35. The lowest BCUT2D eigenvalue weighted by atomic mass is 9.97. The van der Waals surface area contributed by atoms with Crippen LogP contribution in [0.25, 0.3) is 10.9 Å². The van der Waals surface area contributed by atoms with Crippen molar-refractivity contribution in [1.29, 1.82) is 5.41 Å². The Balaban J connectivity index is 1.46. The number of allylic oxidation sites excluding steroid dienone is 3. The number of benzene rings is 1. The molecule has 124 valence electrons. The predicted molar refractivity (Wildman–Crippen MR) is 101 cm³/mol. The van der Waals surface area contributed by atoms with E-state index in [-0.39, 0.29) is 0 Å². The zero-order chi connectivity index (χ0) is 16.5. The lowest BCUT2D eigenvalue weighted by molar-refractivity contribution is 0.432. The van der Waals surface area contributed by atoms with Gasteiger partial charge in [0.05, 0.1) is 16.1 Å². The van der Waals surface area contributed by atoms with Crippen LogP contribution in [-0.2, 0) is 7.05 Å². The topological polar surface area (TPSA) is 65.7 Å². The average molecular weight is 339 g/mol. The molecular formula is C18H21N5S. The minimum Gasteiger partial charge on any atom is -0.361 e. The van der Waals surface area contributed by atoms with Gasteiger partial charge in [-0.3, -0.25) is 10.1 Å². The first-order valence-electron chi connectivity index (χ1n) is 8.28. The van der Waals surface area contributed by atoms with Gasteiger partial charge in [0.25, 0.3) is 0 Å². The van der Waals surface area contributed by atoms with E-state index < -0.39 is 0 Å². The fraction of sp³-hybridized carbons (Fsp3) is 0.333. The molecule has 1 aromatic carbocycles. The lowest BCUT2D eigenvalue weighted by Gasteiger charge is -2.22. The van der Waals surface area contributed by atoms with Crippen molar-refractivity contribution in [1.82, 2.24) is 15.1 Å². The van der Waals surface area contributed by atoms with Gasteiger partial charge in [-0.05, 0) is 61.0 Å². The van der Waals surface area contributed by atoms with E-state index in [4.69, 9.17) is 5.41 Å². The number of fused-ring (bicyclic) bond motifs is 1. The summed E-state index contributed by atoms with van der Waals surface area (Å²) in [5.41, 5.74) is 2.63. The van der Waals surface area contributed by atoms with Crippen LogP contribution in [0.1, 0.15) is 12.8 Å². The molecule has 0 saturated carbocycles. The molecule has 0 atom stereocenters. The second kappa shape index (κ2) is 6.45. The highest BCUT2D eigenvalue weighted by Gasteiger charge is 2.25. The molecule has 4 rings (SSSR count). The second-order valence-corrected chi connectivity index (χ2v) is 7.43. The molecular weight excluding hydrogens is 318 g/mol. The van der Waals surface area contributed by atoms with E-state index >= 15 is 0 Å². The number of nitrogens with zero attached hydrogens (tertiary/aromatic N) is 2. The maximum Gasteiger partial charge on any atom is 0.0924 e. The number of piperidine rings is 1. The molecule has 1 aromatic heterocycles. The molecule has 2 aliphatic heterocycles. The first kappa shape index (κ1) is 15.5. The van der Waals surface area contributed by atoms with Crippen molar-refractivity contribution in [3.05, 3.63) is 46.5 Å². The van der Waals surface area contributed by atoms with Crippen molar-refractivity contribution in [2.75, 3.05) is 18.4 Å². The Morgan fingerprint density at radius 3 is 3.04 bits per heavy atom. The first-order chi connectivity index (χ1) is 11.7. The third kappa shape index (κ3) is 3.12. The van der Waals surface area contributed by atoms with Gasteiger partial charge in [0.1, 0.15) is 0 Å². The van der Waals surface area contributed by atoms with Crippen molar-refractivity contribution in [3.63, 3.8) is 0 Å². The monoisotopic (exact) mass is 339 g/mol. The quantitative estimate of drug-likeness (QED) is 0.801. The number of aryl methyl sites for hydroxylation is 1. The minimum atomic E-state index is 0.606. The van der Waals surface area contributed by atoms with Gasteiger partial charge >= 0.3 is 0 Å². The summed E-state index contributed by atoms with van der Waals surface area (Å²) in [7, 11) is 1.93. The molecule has 6 heteroatoms. The molecule has 0 unspecified atom stereocenters. The molecule has 24 heavy (non-hydrogen) atoms. The highest BCUT2D eigenvalue weighted by molar-refractivity contribution is 8.08. The number of anilines is 1. The Hall–Kier alpha value is -2.05. The van der Waals surface area contributed by atoms with Gasteiger partial charge in [0.2, 0.25) is 0 Å². The van der Waals surface area contributed by atoms with Crippen molar-refractivity contribution in [3.8, 4) is 0 Å². The summed E-state index contributed by atoms with van der Waals surface area (Å²) in [6.07, 6.45) is 8.35. The lowest BCUT2D eigenvalue weighted by Crippen LogP contribution is -2.27. The van der Waals surface area contributed by atoms with E-state index in [2.05, 4.69) is 21.8 Å². The van der Waals surface area contributed by atoms with Crippen LogP contribution in [0, 0.1) is 11.3 Å². The Bertz CT molecular complexity index is 842. The summed E-state index contributed by atoms with van der Waals surface area (Å²) in [4.78, 5) is 2.34. The van der Waals surface area contributed by atoms with Crippen LogP contribution in [-0.4, -0.2) is 28.6 Å². The van der Waals surface area contributed by atoms with Crippen LogP contribution in [0.2, 0.25) is 0 Å². The van der Waals surface area contributed by atoms with Crippen LogP contribution in [0.3, 0.4) is 0 Å². The molecule has 5 nitrogen and oxygen atoms in total. The Labute approximate surface area is 145 Å². The van der Waals surface area contributed by atoms with Gasteiger partial charge < -0.3 is 10.6 Å². The maximum atomic E-state index is 8.22. The molecule has 0 radical (unpaired) electrons. The van der Waals surface area contributed by atoms with Crippen molar-refractivity contribution in [2.45, 2.75) is 12.8 Å². The summed E-state index contributed by atoms with van der Waals surface area (Å²) in [6, 6.07) is 6.13. The molecule has 2 aliphatic rings. The standard InChI is InChI=1S/C18H21N5S/c1-23-11-13-8-14(2-3-16(13)22-23)21-10-18-15(19)9-17(24-18)12-4-6-20-7-5-12/h2-3,8-12,19-21H,4-7H2,1H3/b18-10+,19-15?. The SMILES string of the molecule is Cn1cc2cc(N/C=C3/SC(C4CCNCC4)=CC3=N)ccc2n1. The second-order valence-electron chi connectivity index (χ2n) is 6.32. The number of aromatic nitrogens is 2. The largest absolute Gasteiger partial charge is 0.361 e. The molecule has 2 aromatic rings. The smallest absolute Gasteiger partial charge is 0.0924 e. The number of hydrogen-bond acceptors (Lipinski definition) is 5. The number of thioether (sulfide) groups is 1. The molecule has 0 aliphatic carbocycles. The molecule has 0 bridgehead atoms. The van der Waals surface area contributed by atoms with Gasteiger partial charge in [0.15, 0.2) is 0 Å². The number of hydrogen-bond donors (Lipinski definition) is 3. The zero-order valence-corrected chi connectivity index (χ0v) is 14.5. The van der Waals surface area contributed by atoms with Gasteiger partial charge in [-0.15, -0.1) is 0 Å². The average Bonchev–Trinajstić information content (AvgIpc) is 3.15. The van der Waals surface area contributed by atoms with E-state index in [9.17, 15) is 0 Å². The van der Waals surface area contributed by atoms with Crippen LogP contribution in [0.5, 0.6) is 0 Å². The molecule has 1 fully saturated rings. The fourth-order valence-electron chi connectivity index (χ4n) is 3.23. The Kier molecular flexibility index (Phi) is 4.16. The van der Waals surface area contributed by atoms with E-state index in [1.54, 1.807) is 11.8 Å². The van der Waals surface area contributed by atoms with Gasteiger partial charge in [-0.2, -0.15) is 5.10 Å². The Morgan fingerprint density at radius 1 is 1.38 bits per heavy atom. The summed E-state index contributed by atoms with van der Waals surface area (Å²) < 4.78 is 1.82. The van der Waals surface area contributed by atoms with Crippen LogP contribution < -0.4 is 10.6 Å². The summed E-state index contributed by atoms with van der Waals surface area (Å²) in [5, 5.41) is 20.5. The van der Waals surface area contributed by atoms with E-state index in [1.165, 1.54) is 17.7 Å². The first-order valence-corrected chi connectivity index (χ1v) is 9.10. The molecule has 0 spiro atoms. The van der Waals surface area contributed by atoms with Gasteiger partial charge in [0, 0.05) is 30.5 Å². The normalized spacial score (nSPS) is 20.8. The highest BCUT2D eigenvalue weighted by atomic mass is 32.2. The third-order valence-corrected chi connectivity index (χ3v) is 5.75.